The quantitative estimate of drug-likeness (QED) is 0.897. The molecule has 0 aromatic heterocycles. The molecule has 0 bridgehead atoms. The number of amides is 1. The molecule has 0 aliphatic heterocycles. The fraction of sp³-hybridized carbons (Fsp3) is 0.188. The maximum atomic E-state index is 12.1. The fourth-order valence-corrected chi connectivity index (χ4v) is 1.84. The molecule has 2 rings (SSSR count). The van der Waals surface area contributed by atoms with E-state index >= 15 is 0 Å². The van der Waals surface area contributed by atoms with Gasteiger partial charge in [0.05, 0.1) is 7.11 Å². The average molecular weight is 270 g/mol. The van der Waals surface area contributed by atoms with Crippen molar-refractivity contribution in [3.8, 4) is 5.75 Å². The lowest BCUT2D eigenvalue weighted by atomic mass is 10.1. The molecule has 4 heteroatoms. The van der Waals surface area contributed by atoms with Crippen molar-refractivity contribution in [3.05, 3.63) is 59.7 Å². The van der Waals surface area contributed by atoms with E-state index in [1.165, 1.54) is 0 Å². The number of hydrogen-bond donors (Lipinski definition) is 2. The Hall–Kier alpha value is -2.33. The highest BCUT2D eigenvalue weighted by molar-refractivity contribution is 6.04. The van der Waals surface area contributed by atoms with Crippen LogP contribution in [0.3, 0.4) is 0 Å². The Morgan fingerprint density at radius 3 is 2.50 bits per heavy atom. The number of methoxy groups -OCH3 is 1. The zero-order valence-electron chi connectivity index (χ0n) is 11.6. The van der Waals surface area contributed by atoms with E-state index in [1.807, 2.05) is 31.2 Å². The summed E-state index contributed by atoms with van der Waals surface area (Å²) in [6.07, 6.45) is 0. The number of rotatable bonds is 4. The van der Waals surface area contributed by atoms with E-state index in [2.05, 4.69) is 5.32 Å². The van der Waals surface area contributed by atoms with Gasteiger partial charge in [0.1, 0.15) is 5.75 Å². The average Bonchev–Trinajstić information content (AvgIpc) is 2.47. The van der Waals surface area contributed by atoms with Crippen molar-refractivity contribution in [3.63, 3.8) is 0 Å². The minimum Gasteiger partial charge on any atom is -0.497 e. The van der Waals surface area contributed by atoms with Crippen LogP contribution < -0.4 is 15.8 Å². The lowest BCUT2D eigenvalue weighted by Gasteiger charge is -2.09. The molecular weight excluding hydrogens is 252 g/mol. The highest BCUT2D eigenvalue weighted by Crippen LogP contribution is 2.17. The summed E-state index contributed by atoms with van der Waals surface area (Å²) < 4.78 is 5.10. The molecule has 0 aliphatic carbocycles. The van der Waals surface area contributed by atoms with E-state index in [1.54, 1.807) is 31.4 Å². The molecule has 3 N–H and O–H groups in total. The molecule has 0 fully saturated rings. The summed E-state index contributed by atoms with van der Waals surface area (Å²) in [5.74, 6) is 0.488. The number of nitrogens with two attached hydrogens (primary N) is 1. The number of anilines is 1. The van der Waals surface area contributed by atoms with Gasteiger partial charge < -0.3 is 15.8 Å². The molecule has 1 amide bonds. The van der Waals surface area contributed by atoms with Gasteiger partial charge in [0.2, 0.25) is 0 Å². The van der Waals surface area contributed by atoms with Gasteiger partial charge in [-0.1, -0.05) is 18.2 Å². The van der Waals surface area contributed by atoms with Crippen molar-refractivity contribution in [2.45, 2.75) is 13.0 Å². The first kappa shape index (κ1) is 14.1. The summed E-state index contributed by atoms with van der Waals surface area (Å²) in [6, 6.07) is 14.5. The van der Waals surface area contributed by atoms with Crippen LogP contribution in [0, 0.1) is 0 Å². The maximum absolute atomic E-state index is 12.1. The first-order valence-electron chi connectivity index (χ1n) is 6.41. The van der Waals surface area contributed by atoms with Crippen molar-refractivity contribution in [2.24, 2.45) is 5.73 Å². The zero-order valence-corrected chi connectivity index (χ0v) is 11.6. The number of carbonyl (C=O) groups is 1. The summed E-state index contributed by atoms with van der Waals surface area (Å²) in [5.41, 5.74) is 8.11. The van der Waals surface area contributed by atoms with E-state index in [4.69, 9.17) is 10.5 Å². The Kier molecular flexibility index (Phi) is 4.38. The Morgan fingerprint density at radius 1 is 1.20 bits per heavy atom. The molecular formula is C16H18N2O2. The fourth-order valence-electron chi connectivity index (χ4n) is 1.84. The molecule has 0 heterocycles. The standard InChI is InChI=1S/C16H18N2O2/c1-11(17)12-6-8-14(9-7-12)18-16(19)13-4-3-5-15(10-13)20-2/h3-11H,17H2,1-2H3,(H,18,19). The van der Waals surface area contributed by atoms with Crippen LogP contribution in [0.2, 0.25) is 0 Å². The Bertz CT molecular complexity index is 592. The van der Waals surface area contributed by atoms with Crippen LogP contribution >= 0.6 is 0 Å². The van der Waals surface area contributed by atoms with E-state index in [-0.39, 0.29) is 11.9 Å². The number of hydrogen-bond acceptors (Lipinski definition) is 3. The third-order valence-corrected chi connectivity index (χ3v) is 3.03. The molecule has 0 saturated carbocycles. The molecule has 4 nitrogen and oxygen atoms in total. The normalized spacial score (nSPS) is 11.8. The van der Waals surface area contributed by atoms with E-state index in [0.717, 1.165) is 11.3 Å². The molecule has 20 heavy (non-hydrogen) atoms. The zero-order chi connectivity index (χ0) is 14.5. The smallest absolute Gasteiger partial charge is 0.255 e. The first-order chi connectivity index (χ1) is 9.60. The minimum atomic E-state index is -0.169. The van der Waals surface area contributed by atoms with Gasteiger partial charge in [-0.25, -0.2) is 0 Å². The molecule has 0 aliphatic rings. The van der Waals surface area contributed by atoms with E-state index in [0.29, 0.717) is 11.3 Å². The maximum Gasteiger partial charge on any atom is 0.255 e. The third kappa shape index (κ3) is 3.36. The van der Waals surface area contributed by atoms with Gasteiger partial charge >= 0.3 is 0 Å². The third-order valence-electron chi connectivity index (χ3n) is 3.03. The van der Waals surface area contributed by atoms with Crippen LogP contribution in [0.25, 0.3) is 0 Å². The predicted octanol–water partition coefficient (Wildman–Crippen LogP) is 2.97. The van der Waals surface area contributed by atoms with Crippen molar-refractivity contribution < 1.29 is 9.53 Å². The Labute approximate surface area is 118 Å². The summed E-state index contributed by atoms with van der Waals surface area (Å²) in [5, 5.41) is 2.84. The van der Waals surface area contributed by atoms with E-state index in [9.17, 15) is 4.79 Å². The van der Waals surface area contributed by atoms with Gasteiger partial charge in [-0.15, -0.1) is 0 Å². The molecule has 2 aromatic rings. The Morgan fingerprint density at radius 2 is 1.90 bits per heavy atom. The summed E-state index contributed by atoms with van der Waals surface area (Å²) in [4.78, 5) is 12.1. The Balaban J connectivity index is 2.10. The summed E-state index contributed by atoms with van der Waals surface area (Å²) >= 11 is 0. The van der Waals surface area contributed by atoms with Crippen molar-refractivity contribution >= 4 is 11.6 Å². The lowest BCUT2D eigenvalue weighted by Crippen LogP contribution is -2.12. The minimum absolute atomic E-state index is 0.0156. The van der Waals surface area contributed by atoms with Crippen molar-refractivity contribution in [1.82, 2.24) is 0 Å². The van der Waals surface area contributed by atoms with Crippen LogP contribution in [0.4, 0.5) is 5.69 Å². The molecule has 104 valence electrons. The van der Waals surface area contributed by atoms with Gasteiger partial charge in [-0.05, 0) is 42.8 Å². The van der Waals surface area contributed by atoms with E-state index < -0.39 is 0 Å². The van der Waals surface area contributed by atoms with Crippen molar-refractivity contribution in [1.29, 1.82) is 0 Å². The number of nitrogens with one attached hydrogen (secondary N) is 1. The number of ether oxygens (including phenoxy) is 1. The second-order valence-corrected chi connectivity index (χ2v) is 4.60. The molecule has 0 spiro atoms. The van der Waals surface area contributed by atoms with Gasteiger partial charge in [-0.2, -0.15) is 0 Å². The topological polar surface area (TPSA) is 64.3 Å². The van der Waals surface area contributed by atoms with Crippen LogP contribution in [0.1, 0.15) is 28.9 Å². The van der Waals surface area contributed by atoms with Crippen LogP contribution in [-0.4, -0.2) is 13.0 Å². The highest BCUT2D eigenvalue weighted by atomic mass is 16.5. The molecule has 1 unspecified atom stereocenters. The SMILES string of the molecule is COc1cccc(C(=O)Nc2ccc(C(C)N)cc2)c1. The number of benzene rings is 2. The highest BCUT2D eigenvalue weighted by Gasteiger charge is 2.07. The largest absolute Gasteiger partial charge is 0.497 e. The second-order valence-electron chi connectivity index (χ2n) is 4.60. The molecule has 2 aromatic carbocycles. The molecule has 0 saturated heterocycles. The van der Waals surface area contributed by atoms with Gasteiger partial charge in [0.15, 0.2) is 0 Å². The van der Waals surface area contributed by atoms with Gasteiger partial charge in [0, 0.05) is 17.3 Å². The van der Waals surface area contributed by atoms with Crippen LogP contribution in [0.15, 0.2) is 48.5 Å². The second kappa shape index (κ2) is 6.21. The van der Waals surface area contributed by atoms with Crippen molar-refractivity contribution in [2.75, 3.05) is 12.4 Å². The number of carbonyl (C=O) groups excluding carboxylic acids is 1. The van der Waals surface area contributed by atoms with Gasteiger partial charge in [0.25, 0.3) is 5.91 Å². The first-order valence-corrected chi connectivity index (χ1v) is 6.41. The molecule has 0 radical (unpaired) electrons. The van der Waals surface area contributed by atoms with Crippen LogP contribution in [0.5, 0.6) is 5.75 Å². The molecule has 1 atom stereocenters. The summed E-state index contributed by atoms with van der Waals surface area (Å²) in [7, 11) is 1.57. The summed E-state index contributed by atoms with van der Waals surface area (Å²) in [6.45, 7) is 1.92. The lowest BCUT2D eigenvalue weighted by molar-refractivity contribution is 0.102. The van der Waals surface area contributed by atoms with Crippen LogP contribution in [-0.2, 0) is 0 Å². The monoisotopic (exact) mass is 270 g/mol. The predicted molar refractivity (Wildman–Crippen MR) is 80.0 cm³/mol. The van der Waals surface area contributed by atoms with Gasteiger partial charge in [-0.3, -0.25) is 4.79 Å².